The Bertz CT molecular complexity index is 739. The predicted molar refractivity (Wildman–Crippen MR) is 87.9 cm³/mol. The van der Waals surface area contributed by atoms with E-state index < -0.39 is 10.0 Å². The average Bonchev–Trinajstić information content (AvgIpc) is 2.96. The van der Waals surface area contributed by atoms with Gasteiger partial charge < -0.3 is 5.11 Å². The lowest BCUT2D eigenvalue weighted by atomic mass is 9.83. The monoisotopic (exact) mass is 335 g/mol. The number of sulfonamides is 1. The van der Waals surface area contributed by atoms with E-state index >= 15 is 0 Å². The first-order chi connectivity index (χ1) is 11.1. The highest BCUT2D eigenvalue weighted by Crippen LogP contribution is 2.39. The van der Waals surface area contributed by atoms with Gasteiger partial charge in [-0.25, -0.2) is 8.42 Å². The number of hydrogen-bond donors (Lipinski definition) is 2. The van der Waals surface area contributed by atoms with E-state index in [0.717, 1.165) is 19.3 Å². The molecule has 1 aliphatic carbocycles. The number of nitrogens with zero attached hydrogens (tertiary/aromatic N) is 2. The van der Waals surface area contributed by atoms with Crippen molar-refractivity contribution in [1.29, 1.82) is 0 Å². The first-order valence-corrected chi connectivity index (χ1v) is 9.30. The van der Waals surface area contributed by atoms with Crippen molar-refractivity contribution >= 4 is 15.7 Å². The molecule has 0 saturated heterocycles. The van der Waals surface area contributed by atoms with Gasteiger partial charge in [0.2, 0.25) is 0 Å². The maximum Gasteiger partial charge on any atom is 0.267 e. The quantitative estimate of drug-likeness (QED) is 0.812. The Hall–Kier alpha value is -1.86. The molecule has 6 nitrogen and oxygen atoms in total. The average molecular weight is 335 g/mol. The highest BCUT2D eigenvalue weighted by atomic mass is 32.2. The first-order valence-electron chi connectivity index (χ1n) is 7.86. The van der Waals surface area contributed by atoms with Gasteiger partial charge in [0.1, 0.15) is 4.90 Å². The Balaban J connectivity index is 1.98. The van der Waals surface area contributed by atoms with Crippen LogP contribution in [-0.2, 0) is 10.0 Å². The number of aliphatic hydroxyl groups excluding tert-OH is 1. The lowest BCUT2D eigenvalue weighted by Crippen LogP contribution is -2.33. The molecule has 23 heavy (non-hydrogen) atoms. The molecule has 0 atom stereocenters. The fourth-order valence-electron chi connectivity index (χ4n) is 2.80. The van der Waals surface area contributed by atoms with Gasteiger partial charge in [-0.3, -0.25) is 9.40 Å². The number of rotatable bonds is 7. The minimum absolute atomic E-state index is 0.0558. The van der Waals surface area contributed by atoms with Crippen molar-refractivity contribution in [3.05, 3.63) is 42.2 Å². The molecular formula is C16H21N3O3S. The number of aliphatic hydroxyl groups is 1. The minimum atomic E-state index is -3.71. The van der Waals surface area contributed by atoms with E-state index in [9.17, 15) is 8.42 Å². The predicted octanol–water partition coefficient (Wildman–Crippen LogP) is 2.25. The molecule has 0 radical (unpaired) electrons. The summed E-state index contributed by atoms with van der Waals surface area (Å²) < 4.78 is 27.7. The molecular weight excluding hydrogens is 314 g/mol. The highest BCUT2D eigenvalue weighted by Gasteiger charge is 2.33. The summed E-state index contributed by atoms with van der Waals surface area (Å²) in [5.74, 6) is 0.248. The molecule has 2 aromatic rings. The lowest BCUT2D eigenvalue weighted by molar-refractivity contribution is 0.291. The lowest BCUT2D eigenvalue weighted by Gasteiger charge is -2.28. The number of aromatic amines is 1. The van der Waals surface area contributed by atoms with E-state index in [-0.39, 0.29) is 24.0 Å². The van der Waals surface area contributed by atoms with Crippen LogP contribution in [0.15, 0.2) is 41.4 Å². The molecule has 0 spiro atoms. The summed E-state index contributed by atoms with van der Waals surface area (Å²) in [5.41, 5.74) is 1.31. The Morgan fingerprint density at radius 3 is 2.61 bits per heavy atom. The van der Waals surface area contributed by atoms with Gasteiger partial charge >= 0.3 is 0 Å². The van der Waals surface area contributed by atoms with Gasteiger partial charge in [0.05, 0.1) is 17.6 Å². The van der Waals surface area contributed by atoms with Crippen LogP contribution in [0.2, 0.25) is 0 Å². The number of H-pyrrole nitrogens is 1. The number of para-hydroxylation sites is 1. The van der Waals surface area contributed by atoms with Crippen LogP contribution in [0.5, 0.6) is 0 Å². The summed E-state index contributed by atoms with van der Waals surface area (Å²) in [7, 11) is -3.71. The maximum absolute atomic E-state index is 13.1. The largest absolute Gasteiger partial charge is 0.396 e. The van der Waals surface area contributed by atoms with Gasteiger partial charge in [-0.15, -0.1) is 0 Å². The first kappa shape index (κ1) is 16.0. The number of nitrogens with one attached hydrogen (secondary N) is 1. The van der Waals surface area contributed by atoms with E-state index in [1.54, 1.807) is 24.3 Å². The number of benzene rings is 1. The van der Waals surface area contributed by atoms with Gasteiger partial charge in [-0.1, -0.05) is 24.6 Å². The topological polar surface area (TPSA) is 86.3 Å². The molecule has 0 aliphatic heterocycles. The fraction of sp³-hybridized carbons (Fsp3) is 0.438. The molecule has 1 aromatic heterocycles. The van der Waals surface area contributed by atoms with Crippen LogP contribution in [0.25, 0.3) is 0 Å². The molecule has 3 rings (SSSR count). The third-order valence-electron chi connectivity index (χ3n) is 4.28. The smallest absolute Gasteiger partial charge is 0.267 e. The molecule has 1 aromatic carbocycles. The maximum atomic E-state index is 13.1. The summed E-state index contributed by atoms with van der Waals surface area (Å²) in [4.78, 5) is 0.254. The van der Waals surface area contributed by atoms with Gasteiger partial charge in [-0.2, -0.15) is 5.10 Å². The van der Waals surface area contributed by atoms with Crippen LogP contribution in [0.1, 0.15) is 37.3 Å². The Morgan fingerprint density at radius 2 is 2.00 bits per heavy atom. The molecule has 1 heterocycles. The van der Waals surface area contributed by atoms with Crippen LogP contribution in [0, 0.1) is 0 Å². The second kappa shape index (κ2) is 6.72. The van der Waals surface area contributed by atoms with Crippen LogP contribution < -0.4 is 4.31 Å². The molecule has 1 saturated carbocycles. The van der Waals surface area contributed by atoms with E-state index in [1.165, 1.54) is 10.5 Å². The van der Waals surface area contributed by atoms with Gasteiger partial charge in [0.15, 0.2) is 0 Å². The van der Waals surface area contributed by atoms with Crippen molar-refractivity contribution in [1.82, 2.24) is 10.2 Å². The van der Waals surface area contributed by atoms with E-state index in [4.69, 9.17) is 5.11 Å². The molecule has 0 amide bonds. The fourth-order valence-corrected chi connectivity index (χ4v) is 4.48. The Labute approximate surface area is 136 Å². The molecule has 0 unspecified atom stereocenters. The summed E-state index contributed by atoms with van der Waals surface area (Å²) in [6.45, 7) is 0.178. The third-order valence-corrected chi connectivity index (χ3v) is 6.13. The number of anilines is 1. The molecule has 7 heteroatoms. The normalized spacial score (nSPS) is 15.3. The van der Waals surface area contributed by atoms with Crippen LogP contribution >= 0.6 is 0 Å². The molecule has 124 valence electrons. The summed E-state index contributed by atoms with van der Waals surface area (Å²) >= 11 is 0. The van der Waals surface area contributed by atoms with Crippen molar-refractivity contribution in [2.45, 2.75) is 36.5 Å². The summed E-state index contributed by atoms with van der Waals surface area (Å²) in [5, 5.41) is 15.9. The molecule has 2 N–H and O–H groups in total. The molecule has 0 bridgehead atoms. The third kappa shape index (κ3) is 3.11. The molecule has 1 fully saturated rings. The zero-order valence-corrected chi connectivity index (χ0v) is 13.7. The molecule has 1 aliphatic rings. The van der Waals surface area contributed by atoms with E-state index in [2.05, 4.69) is 10.2 Å². The number of aromatic nitrogens is 2. The van der Waals surface area contributed by atoms with Crippen molar-refractivity contribution in [3.63, 3.8) is 0 Å². The standard InChI is InChI=1S/C16H21N3O3S/c20-11-5-10-19(14-8-2-1-3-9-14)23(21,22)15-12-17-18-16(15)13-6-4-7-13/h1-3,8-9,12-13,20H,4-7,10-11H2,(H,17,18). The Morgan fingerprint density at radius 1 is 1.26 bits per heavy atom. The van der Waals surface area contributed by atoms with Crippen molar-refractivity contribution < 1.29 is 13.5 Å². The summed E-state index contributed by atoms with van der Waals surface area (Å²) in [6, 6.07) is 8.98. The second-order valence-electron chi connectivity index (χ2n) is 5.77. The summed E-state index contributed by atoms with van der Waals surface area (Å²) in [6.07, 6.45) is 4.89. The number of hydrogen-bond acceptors (Lipinski definition) is 4. The van der Waals surface area contributed by atoms with E-state index in [1.807, 2.05) is 6.07 Å². The second-order valence-corrected chi connectivity index (χ2v) is 7.60. The van der Waals surface area contributed by atoms with Gasteiger partial charge in [0, 0.05) is 19.1 Å². The van der Waals surface area contributed by atoms with E-state index in [0.29, 0.717) is 17.8 Å². The van der Waals surface area contributed by atoms with Crippen LogP contribution in [0.3, 0.4) is 0 Å². The Kier molecular flexibility index (Phi) is 4.68. The zero-order valence-electron chi connectivity index (χ0n) is 12.9. The van der Waals surface area contributed by atoms with Crippen molar-refractivity contribution in [2.24, 2.45) is 0 Å². The van der Waals surface area contributed by atoms with Crippen molar-refractivity contribution in [2.75, 3.05) is 17.5 Å². The SMILES string of the molecule is O=S(=O)(c1cn[nH]c1C1CCC1)N(CCCO)c1ccccc1. The zero-order chi connectivity index (χ0) is 16.3. The van der Waals surface area contributed by atoms with Gasteiger partial charge in [0.25, 0.3) is 10.0 Å². The minimum Gasteiger partial charge on any atom is -0.396 e. The van der Waals surface area contributed by atoms with Crippen LogP contribution in [-0.4, -0.2) is 36.9 Å². The highest BCUT2D eigenvalue weighted by molar-refractivity contribution is 7.92. The van der Waals surface area contributed by atoms with Crippen molar-refractivity contribution in [3.8, 4) is 0 Å². The van der Waals surface area contributed by atoms with Gasteiger partial charge in [-0.05, 0) is 31.4 Å². The van der Waals surface area contributed by atoms with Crippen LogP contribution in [0.4, 0.5) is 5.69 Å².